The summed E-state index contributed by atoms with van der Waals surface area (Å²) in [5.74, 6) is 1.80. The van der Waals surface area contributed by atoms with Crippen LogP contribution in [0.3, 0.4) is 0 Å². The van der Waals surface area contributed by atoms with Gasteiger partial charge in [-0.25, -0.2) is 9.97 Å². The summed E-state index contributed by atoms with van der Waals surface area (Å²) in [7, 11) is 4.79. The van der Waals surface area contributed by atoms with Crippen molar-refractivity contribution in [2.75, 3.05) is 21.3 Å². The van der Waals surface area contributed by atoms with E-state index in [1.165, 1.54) is 0 Å². The van der Waals surface area contributed by atoms with Crippen molar-refractivity contribution in [3.05, 3.63) is 29.9 Å². The van der Waals surface area contributed by atoms with Gasteiger partial charge in [0.2, 0.25) is 5.75 Å². The average molecular weight is 334 g/mol. The Bertz CT molecular complexity index is 744. The Morgan fingerprint density at radius 2 is 1.64 bits per heavy atom. The summed E-state index contributed by atoms with van der Waals surface area (Å²) in [6, 6.07) is 3.79. The van der Waals surface area contributed by atoms with Crippen LogP contribution in [-0.4, -0.2) is 31.3 Å². The van der Waals surface area contributed by atoms with Gasteiger partial charge < -0.3 is 14.2 Å². The highest BCUT2D eigenvalue weighted by molar-refractivity contribution is 7.22. The second-order valence-corrected chi connectivity index (χ2v) is 6.21. The molecule has 0 amide bonds. The van der Waals surface area contributed by atoms with E-state index in [-0.39, 0.29) is 0 Å². The molecule has 3 aromatic rings. The summed E-state index contributed by atoms with van der Waals surface area (Å²) in [4.78, 5) is 9.83. The molecule has 0 spiro atoms. The van der Waals surface area contributed by atoms with E-state index in [0.29, 0.717) is 17.2 Å². The van der Waals surface area contributed by atoms with Gasteiger partial charge in [0.25, 0.3) is 0 Å². The molecule has 0 bridgehead atoms. The summed E-state index contributed by atoms with van der Waals surface area (Å²) in [6.07, 6.45) is 3.63. The minimum Gasteiger partial charge on any atom is -0.493 e. The van der Waals surface area contributed by atoms with E-state index in [1.54, 1.807) is 50.2 Å². The number of methoxy groups -OCH3 is 3. The van der Waals surface area contributed by atoms with Crippen LogP contribution in [0.15, 0.2) is 29.9 Å². The zero-order valence-electron chi connectivity index (χ0n) is 12.3. The number of benzene rings is 1. The SMILES string of the molecule is COc1cc(-c2ncc(-c3nccs3)s2)cc(OC)c1OC. The molecular formula is C15H14N2O3S2. The van der Waals surface area contributed by atoms with Crippen LogP contribution < -0.4 is 14.2 Å². The molecule has 0 N–H and O–H groups in total. The molecule has 0 aliphatic heterocycles. The molecule has 22 heavy (non-hydrogen) atoms. The number of rotatable bonds is 5. The van der Waals surface area contributed by atoms with Gasteiger partial charge in [0.1, 0.15) is 10.0 Å². The molecule has 0 unspecified atom stereocenters. The smallest absolute Gasteiger partial charge is 0.203 e. The molecule has 7 heteroatoms. The van der Waals surface area contributed by atoms with Crippen molar-refractivity contribution in [1.82, 2.24) is 9.97 Å². The van der Waals surface area contributed by atoms with Crippen LogP contribution >= 0.6 is 22.7 Å². The Labute approximate surface area is 136 Å². The Morgan fingerprint density at radius 1 is 0.909 bits per heavy atom. The van der Waals surface area contributed by atoms with Crippen LogP contribution in [0, 0.1) is 0 Å². The van der Waals surface area contributed by atoms with Crippen molar-refractivity contribution >= 4 is 22.7 Å². The van der Waals surface area contributed by atoms with Gasteiger partial charge in [-0.1, -0.05) is 0 Å². The van der Waals surface area contributed by atoms with E-state index in [1.807, 2.05) is 23.7 Å². The van der Waals surface area contributed by atoms with Gasteiger partial charge >= 0.3 is 0 Å². The van der Waals surface area contributed by atoms with E-state index in [0.717, 1.165) is 20.5 Å². The van der Waals surface area contributed by atoms with Gasteiger partial charge in [-0.05, 0) is 12.1 Å². The molecule has 0 saturated heterocycles. The van der Waals surface area contributed by atoms with E-state index in [9.17, 15) is 0 Å². The summed E-state index contributed by atoms with van der Waals surface area (Å²) < 4.78 is 16.1. The molecule has 2 aromatic heterocycles. The highest BCUT2D eigenvalue weighted by Crippen LogP contribution is 2.42. The first-order valence-corrected chi connectivity index (χ1v) is 8.12. The number of nitrogens with zero attached hydrogens (tertiary/aromatic N) is 2. The van der Waals surface area contributed by atoms with Gasteiger partial charge in [0.05, 0.1) is 26.2 Å². The van der Waals surface area contributed by atoms with E-state index in [2.05, 4.69) is 9.97 Å². The molecule has 0 atom stereocenters. The zero-order valence-corrected chi connectivity index (χ0v) is 14.0. The maximum Gasteiger partial charge on any atom is 0.203 e. The number of aromatic nitrogens is 2. The van der Waals surface area contributed by atoms with Gasteiger partial charge in [-0.2, -0.15) is 0 Å². The Kier molecular flexibility index (Phi) is 4.26. The van der Waals surface area contributed by atoms with Crippen LogP contribution in [-0.2, 0) is 0 Å². The van der Waals surface area contributed by atoms with Gasteiger partial charge in [0, 0.05) is 23.3 Å². The number of ether oxygens (including phenoxy) is 3. The number of hydrogen-bond donors (Lipinski definition) is 0. The summed E-state index contributed by atoms with van der Waals surface area (Å²) in [5.41, 5.74) is 0.919. The van der Waals surface area contributed by atoms with Crippen molar-refractivity contribution in [2.24, 2.45) is 0 Å². The predicted octanol–water partition coefficient (Wildman–Crippen LogP) is 3.96. The minimum atomic E-state index is 0.574. The summed E-state index contributed by atoms with van der Waals surface area (Å²) in [5, 5.41) is 3.80. The van der Waals surface area contributed by atoms with Gasteiger partial charge in [0.15, 0.2) is 11.5 Å². The molecule has 3 rings (SSSR count). The third kappa shape index (κ3) is 2.65. The number of thiazole rings is 2. The van der Waals surface area contributed by atoms with E-state index in [4.69, 9.17) is 14.2 Å². The molecular weight excluding hydrogens is 320 g/mol. The Hall–Kier alpha value is -2.12. The van der Waals surface area contributed by atoms with Crippen LogP contribution in [0.1, 0.15) is 0 Å². The first kappa shape index (κ1) is 14.8. The monoisotopic (exact) mass is 334 g/mol. The standard InChI is InChI=1S/C15H14N2O3S2/c1-18-10-6-9(7-11(19-2)13(10)20-3)14-17-8-12(22-14)15-16-4-5-21-15/h4-8H,1-3H3. The molecule has 0 fully saturated rings. The second kappa shape index (κ2) is 6.33. The maximum absolute atomic E-state index is 5.38. The van der Waals surface area contributed by atoms with Crippen molar-refractivity contribution in [1.29, 1.82) is 0 Å². The van der Waals surface area contributed by atoms with Gasteiger partial charge in [-0.15, -0.1) is 22.7 Å². The molecule has 5 nitrogen and oxygen atoms in total. The average Bonchev–Trinajstić information content (AvgIpc) is 3.23. The van der Waals surface area contributed by atoms with Crippen LogP contribution in [0.2, 0.25) is 0 Å². The summed E-state index contributed by atoms with van der Waals surface area (Å²) in [6.45, 7) is 0. The second-order valence-electron chi connectivity index (χ2n) is 4.28. The fourth-order valence-corrected chi connectivity index (χ4v) is 3.66. The first-order valence-electron chi connectivity index (χ1n) is 6.43. The Morgan fingerprint density at radius 3 is 2.18 bits per heavy atom. The number of hydrogen-bond acceptors (Lipinski definition) is 7. The molecule has 0 aliphatic rings. The van der Waals surface area contributed by atoms with Crippen molar-refractivity contribution in [3.8, 4) is 37.7 Å². The molecule has 0 aliphatic carbocycles. The first-order chi connectivity index (χ1) is 10.8. The lowest BCUT2D eigenvalue weighted by Gasteiger charge is -2.13. The molecule has 0 radical (unpaired) electrons. The molecule has 2 heterocycles. The van der Waals surface area contributed by atoms with Gasteiger partial charge in [-0.3, -0.25) is 0 Å². The largest absolute Gasteiger partial charge is 0.493 e. The van der Waals surface area contributed by atoms with E-state index < -0.39 is 0 Å². The highest BCUT2D eigenvalue weighted by atomic mass is 32.1. The topological polar surface area (TPSA) is 53.5 Å². The lowest BCUT2D eigenvalue weighted by atomic mass is 10.2. The fraction of sp³-hybridized carbons (Fsp3) is 0.200. The highest BCUT2D eigenvalue weighted by Gasteiger charge is 2.16. The fourth-order valence-electron chi connectivity index (χ4n) is 2.06. The molecule has 0 saturated carbocycles. The van der Waals surface area contributed by atoms with E-state index >= 15 is 0 Å². The zero-order chi connectivity index (χ0) is 15.5. The van der Waals surface area contributed by atoms with Crippen molar-refractivity contribution in [3.63, 3.8) is 0 Å². The molecule has 114 valence electrons. The lowest BCUT2D eigenvalue weighted by molar-refractivity contribution is 0.324. The summed E-state index contributed by atoms with van der Waals surface area (Å²) >= 11 is 3.18. The van der Waals surface area contributed by atoms with Crippen molar-refractivity contribution in [2.45, 2.75) is 0 Å². The predicted molar refractivity (Wildman–Crippen MR) is 88.3 cm³/mol. The third-order valence-corrected chi connectivity index (χ3v) is 5.05. The van der Waals surface area contributed by atoms with Crippen LogP contribution in [0.25, 0.3) is 20.5 Å². The Balaban J connectivity index is 2.05. The third-order valence-electron chi connectivity index (χ3n) is 3.06. The van der Waals surface area contributed by atoms with Crippen LogP contribution in [0.5, 0.6) is 17.2 Å². The maximum atomic E-state index is 5.38. The minimum absolute atomic E-state index is 0.574. The quantitative estimate of drug-likeness (QED) is 0.707. The van der Waals surface area contributed by atoms with Crippen molar-refractivity contribution < 1.29 is 14.2 Å². The normalized spacial score (nSPS) is 10.5. The van der Waals surface area contributed by atoms with Crippen LogP contribution in [0.4, 0.5) is 0 Å². The molecule has 1 aromatic carbocycles. The lowest BCUT2D eigenvalue weighted by Crippen LogP contribution is -1.95.